The van der Waals surface area contributed by atoms with Gasteiger partial charge >= 0.3 is 0 Å². The van der Waals surface area contributed by atoms with Gasteiger partial charge < -0.3 is 15.0 Å². The summed E-state index contributed by atoms with van der Waals surface area (Å²) in [5.41, 5.74) is 1.39. The summed E-state index contributed by atoms with van der Waals surface area (Å²) in [5, 5.41) is 17.6. The van der Waals surface area contributed by atoms with Crippen LogP contribution in [0.3, 0.4) is 0 Å². The molecular formula is C21H21N5O4S2. The number of carbonyl (C=O) groups excluding carboxylic acids is 1. The highest BCUT2D eigenvalue weighted by Crippen LogP contribution is 2.32. The van der Waals surface area contributed by atoms with E-state index >= 15 is 0 Å². The molecule has 0 unspecified atom stereocenters. The van der Waals surface area contributed by atoms with Gasteiger partial charge in [-0.1, -0.05) is 11.3 Å². The minimum Gasteiger partial charge on any atom is -0.494 e. The maximum absolute atomic E-state index is 12.6. The van der Waals surface area contributed by atoms with Crippen molar-refractivity contribution in [3.63, 3.8) is 0 Å². The predicted octanol–water partition coefficient (Wildman–Crippen LogP) is 4.33. The summed E-state index contributed by atoms with van der Waals surface area (Å²) in [6.45, 7) is 4.03. The van der Waals surface area contributed by atoms with Crippen LogP contribution in [-0.4, -0.2) is 40.6 Å². The van der Waals surface area contributed by atoms with E-state index in [-0.39, 0.29) is 16.4 Å². The number of rotatable bonds is 6. The van der Waals surface area contributed by atoms with Crippen LogP contribution in [0.2, 0.25) is 0 Å². The SMILES string of the molecule is CCOc1ccc2nc(NC(=S)NC(=O)c3ccc(N4CCCC4)c([N+](=O)[O-])c3)sc2c1. The number of anilines is 2. The molecule has 1 aliphatic rings. The molecule has 0 radical (unpaired) electrons. The van der Waals surface area contributed by atoms with Crippen molar-refractivity contribution in [2.45, 2.75) is 19.8 Å². The van der Waals surface area contributed by atoms with Gasteiger partial charge in [0.05, 0.1) is 21.7 Å². The van der Waals surface area contributed by atoms with Crippen LogP contribution in [0.15, 0.2) is 36.4 Å². The molecule has 1 amide bonds. The van der Waals surface area contributed by atoms with Crippen LogP contribution in [0, 0.1) is 10.1 Å². The second-order valence-electron chi connectivity index (χ2n) is 7.14. The van der Waals surface area contributed by atoms with Gasteiger partial charge in [-0.25, -0.2) is 4.98 Å². The fourth-order valence-corrected chi connectivity index (χ4v) is 4.71. The third-order valence-electron chi connectivity index (χ3n) is 5.00. The van der Waals surface area contributed by atoms with E-state index in [1.807, 2.05) is 30.0 Å². The van der Waals surface area contributed by atoms with Gasteiger partial charge in [0.1, 0.15) is 11.4 Å². The Morgan fingerprint density at radius 2 is 2.06 bits per heavy atom. The zero-order valence-electron chi connectivity index (χ0n) is 17.3. The zero-order valence-corrected chi connectivity index (χ0v) is 18.9. The van der Waals surface area contributed by atoms with Crippen molar-refractivity contribution in [3.8, 4) is 5.75 Å². The second-order valence-corrected chi connectivity index (χ2v) is 8.58. The van der Waals surface area contributed by atoms with Gasteiger partial charge in [0.25, 0.3) is 11.6 Å². The Bertz CT molecular complexity index is 1190. The first-order valence-electron chi connectivity index (χ1n) is 10.1. The van der Waals surface area contributed by atoms with Crippen LogP contribution >= 0.6 is 23.6 Å². The van der Waals surface area contributed by atoms with E-state index in [4.69, 9.17) is 17.0 Å². The predicted molar refractivity (Wildman–Crippen MR) is 129 cm³/mol. The Balaban J connectivity index is 1.45. The molecule has 1 fully saturated rings. The molecule has 2 aromatic carbocycles. The third kappa shape index (κ3) is 4.78. The minimum atomic E-state index is -0.529. The van der Waals surface area contributed by atoms with Gasteiger partial charge in [-0.15, -0.1) is 0 Å². The van der Waals surface area contributed by atoms with E-state index < -0.39 is 10.8 Å². The molecule has 2 N–H and O–H groups in total. The monoisotopic (exact) mass is 471 g/mol. The number of nitrogens with one attached hydrogen (secondary N) is 2. The molecule has 0 bridgehead atoms. The number of hydrogen-bond acceptors (Lipinski definition) is 8. The molecule has 0 saturated carbocycles. The molecule has 32 heavy (non-hydrogen) atoms. The first-order chi connectivity index (χ1) is 15.4. The van der Waals surface area contributed by atoms with Gasteiger partial charge in [0.2, 0.25) is 0 Å². The normalized spacial score (nSPS) is 13.2. The minimum absolute atomic E-state index is 0.0605. The summed E-state index contributed by atoms with van der Waals surface area (Å²) in [6.07, 6.45) is 2.00. The molecule has 11 heteroatoms. The number of aromatic nitrogens is 1. The number of nitro groups is 1. The van der Waals surface area contributed by atoms with Gasteiger partial charge in [-0.2, -0.15) is 0 Å². The fraction of sp³-hybridized carbons (Fsp3) is 0.286. The molecule has 0 spiro atoms. The lowest BCUT2D eigenvalue weighted by Crippen LogP contribution is -2.34. The lowest BCUT2D eigenvalue weighted by molar-refractivity contribution is -0.384. The van der Waals surface area contributed by atoms with E-state index in [0.717, 1.165) is 41.9 Å². The van der Waals surface area contributed by atoms with Crippen LogP contribution in [0.1, 0.15) is 30.1 Å². The summed E-state index contributed by atoms with van der Waals surface area (Å²) >= 11 is 6.61. The molecule has 4 rings (SSSR count). The van der Waals surface area contributed by atoms with Crippen molar-refractivity contribution in [1.29, 1.82) is 0 Å². The Morgan fingerprint density at radius 3 is 2.78 bits per heavy atom. The van der Waals surface area contributed by atoms with Crippen molar-refractivity contribution >= 4 is 61.3 Å². The van der Waals surface area contributed by atoms with Gasteiger partial charge in [-0.3, -0.25) is 20.2 Å². The number of hydrogen-bond donors (Lipinski definition) is 2. The first kappa shape index (κ1) is 21.9. The molecule has 9 nitrogen and oxygen atoms in total. The lowest BCUT2D eigenvalue weighted by atomic mass is 10.1. The Labute approximate surface area is 193 Å². The molecular weight excluding hydrogens is 450 g/mol. The number of carbonyl (C=O) groups is 1. The summed E-state index contributed by atoms with van der Waals surface area (Å²) in [7, 11) is 0. The van der Waals surface area contributed by atoms with Crippen molar-refractivity contribution in [3.05, 3.63) is 52.1 Å². The van der Waals surface area contributed by atoms with E-state index in [2.05, 4.69) is 15.6 Å². The third-order valence-corrected chi connectivity index (χ3v) is 6.14. The summed E-state index contributed by atoms with van der Waals surface area (Å²) in [6, 6.07) is 10.1. The van der Waals surface area contributed by atoms with Crippen molar-refractivity contribution in [2.24, 2.45) is 0 Å². The van der Waals surface area contributed by atoms with Crippen LogP contribution in [0.25, 0.3) is 10.2 Å². The average molecular weight is 472 g/mol. The summed E-state index contributed by atoms with van der Waals surface area (Å²) in [5.74, 6) is 0.225. The topological polar surface area (TPSA) is 110 Å². The largest absolute Gasteiger partial charge is 0.494 e. The second kappa shape index (κ2) is 9.45. The quantitative estimate of drug-likeness (QED) is 0.311. The molecule has 2 heterocycles. The number of thiazole rings is 1. The van der Waals surface area contributed by atoms with Gasteiger partial charge in [-0.05, 0) is 62.3 Å². The maximum Gasteiger partial charge on any atom is 0.293 e. The Hall–Kier alpha value is -3.31. The number of benzene rings is 2. The molecule has 3 aromatic rings. The highest BCUT2D eigenvalue weighted by molar-refractivity contribution is 7.80. The summed E-state index contributed by atoms with van der Waals surface area (Å²) in [4.78, 5) is 30.1. The molecule has 0 atom stereocenters. The lowest BCUT2D eigenvalue weighted by Gasteiger charge is -2.17. The smallest absolute Gasteiger partial charge is 0.293 e. The molecule has 1 saturated heterocycles. The van der Waals surface area contributed by atoms with Crippen LogP contribution in [0.4, 0.5) is 16.5 Å². The fourth-order valence-electron chi connectivity index (χ4n) is 3.55. The Morgan fingerprint density at radius 1 is 1.28 bits per heavy atom. The van der Waals surface area contributed by atoms with E-state index in [0.29, 0.717) is 17.4 Å². The van der Waals surface area contributed by atoms with Crippen molar-refractivity contribution in [2.75, 3.05) is 29.9 Å². The standard InChI is InChI=1S/C21H21N5O4S2/c1-2-30-14-6-7-15-18(12-14)32-21(22-15)24-20(31)23-19(27)13-5-8-16(17(11-13)26(28)29)25-9-3-4-10-25/h5-8,11-12H,2-4,9-10H2,1H3,(H2,22,23,24,27,31). The number of ether oxygens (including phenoxy) is 1. The van der Waals surface area contributed by atoms with Crippen molar-refractivity contribution in [1.82, 2.24) is 10.3 Å². The molecule has 1 aliphatic heterocycles. The van der Waals surface area contributed by atoms with Crippen molar-refractivity contribution < 1.29 is 14.5 Å². The van der Waals surface area contributed by atoms with E-state index in [1.165, 1.54) is 17.4 Å². The number of thiocarbonyl (C=S) groups is 1. The Kier molecular flexibility index (Phi) is 6.47. The van der Waals surface area contributed by atoms with E-state index in [9.17, 15) is 14.9 Å². The average Bonchev–Trinajstić information content (AvgIpc) is 3.42. The van der Waals surface area contributed by atoms with Crippen LogP contribution in [0.5, 0.6) is 5.75 Å². The molecule has 166 valence electrons. The van der Waals surface area contributed by atoms with Crippen LogP contribution in [-0.2, 0) is 0 Å². The number of amides is 1. The van der Waals surface area contributed by atoms with E-state index in [1.54, 1.807) is 12.1 Å². The summed E-state index contributed by atoms with van der Waals surface area (Å²) < 4.78 is 6.42. The zero-order chi connectivity index (χ0) is 22.7. The van der Waals surface area contributed by atoms with Crippen LogP contribution < -0.4 is 20.3 Å². The van der Waals surface area contributed by atoms with Gasteiger partial charge in [0, 0.05) is 24.7 Å². The highest BCUT2D eigenvalue weighted by Gasteiger charge is 2.24. The van der Waals surface area contributed by atoms with Gasteiger partial charge in [0.15, 0.2) is 10.2 Å². The molecule has 0 aliphatic carbocycles. The highest BCUT2D eigenvalue weighted by atomic mass is 32.1. The maximum atomic E-state index is 12.6. The number of fused-ring (bicyclic) bond motifs is 1. The first-order valence-corrected chi connectivity index (χ1v) is 11.4. The number of nitrogens with zero attached hydrogens (tertiary/aromatic N) is 3. The number of nitro benzene ring substituents is 1. The molecule has 1 aromatic heterocycles.